The number of carbonyl (C=O) groups excluding carboxylic acids is 1. The van der Waals surface area contributed by atoms with Crippen LogP contribution in [0.15, 0.2) is 53.4 Å². The number of nitro benzene ring substituents is 1. The number of methoxy groups -OCH3 is 1. The number of non-ortho nitro benzene ring substituents is 1. The van der Waals surface area contributed by atoms with Crippen LogP contribution < -0.4 is 4.72 Å². The number of ether oxygens (including phenoxy) is 1. The molecule has 0 aromatic heterocycles. The zero-order chi connectivity index (χ0) is 17.0. The molecule has 0 fully saturated rings. The smallest absolute Gasteiger partial charge is 0.339 e. The molecule has 0 aliphatic rings. The number of esters is 1. The van der Waals surface area contributed by atoms with Crippen LogP contribution in [0.5, 0.6) is 0 Å². The van der Waals surface area contributed by atoms with Crippen molar-refractivity contribution in [3.8, 4) is 0 Å². The summed E-state index contributed by atoms with van der Waals surface area (Å²) in [5.74, 6) is -0.706. The largest absolute Gasteiger partial charge is 0.465 e. The van der Waals surface area contributed by atoms with Gasteiger partial charge >= 0.3 is 5.97 Å². The minimum Gasteiger partial charge on any atom is -0.465 e. The second-order valence-electron chi connectivity index (χ2n) is 4.40. The summed E-state index contributed by atoms with van der Waals surface area (Å²) in [6, 6.07) is 10.5. The number of nitrogens with one attached hydrogen (secondary N) is 1. The van der Waals surface area contributed by atoms with Crippen molar-refractivity contribution < 1.29 is 22.9 Å². The molecule has 0 amide bonds. The summed E-state index contributed by atoms with van der Waals surface area (Å²) >= 11 is 0. The number of rotatable bonds is 5. The normalized spacial score (nSPS) is 10.8. The summed E-state index contributed by atoms with van der Waals surface area (Å²) in [4.78, 5) is 21.4. The van der Waals surface area contributed by atoms with Crippen LogP contribution in [0.25, 0.3) is 0 Å². The summed E-state index contributed by atoms with van der Waals surface area (Å²) in [6.45, 7) is 0. The Morgan fingerprint density at radius 1 is 1.17 bits per heavy atom. The number of carbonyl (C=O) groups is 1. The van der Waals surface area contributed by atoms with E-state index < -0.39 is 20.9 Å². The van der Waals surface area contributed by atoms with E-state index >= 15 is 0 Å². The molecule has 0 saturated heterocycles. The number of nitro groups is 1. The van der Waals surface area contributed by atoms with Gasteiger partial charge in [0.2, 0.25) is 0 Å². The van der Waals surface area contributed by atoms with Crippen molar-refractivity contribution >= 4 is 27.4 Å². The number of anilines is 1. The van der Waals surface area contributed by atoms with Gasteiger partial charge in [-0.25, -0.2) is 13.2 Å². The Balaban J connectivity index is 2.42. The first-order chi connectivity index (χ1) is 10.8. The van der Waals surface area contributed by atoms with E-state index in [0.29, 0.717) is 0 Å². The van der Waals surface area contributed by atoms with Crippen LogP contribution in [0, 0.1) is 10.1 Å². The number of benzene rings is 2. The average molecular weight is 336 g/mol. The number of hydrogen-bond acceptors (Lipinski definition) is 6. The van der Waals surface area contributed by atoms with Gasteiger partial charge in [0.15, 0.2) is 0 Å². The minimum absolute atomic E-state index is 0.0193. The third-order valence-corrected chi connectivity index (χ3v) is 4.28. The molecule has 0 radical (unpaired) electrons. The molecule has 0 unspecified atom stereocenters. The Kier molecular flexibility index (Phi) is 4.60. The van der Waals surface area contributed by atoms with Crippen LogP contribution >= 0.6 is 0 Å². The van der Waals surface area contributed by atoms with Gasteiger partial charge in [-0.15, -0.1) is 0 Å². The first-order valence-corrected chi connectivity index (χ1v) is 7.78. The fraction of sp³-hybridized carbons (Fsp3) is 0.0714. The van der Waals surface area contributed by atoms with Gasteiger partial charge in [-0.05, 0) is 18.2 Å². The SMILES string of the molecule is COC(=O)c1ccccc1NS(=O)(=O)c1cccc([N+](=O)[O-])c1. The number of nitrogens with zero attached hydrogens (tertiary/aromatic N) is 1. The highest BCUT2D eigenvalue weighted by Crippen LogP contribution is 2.23. The third-order valence-electron chi connectivity index (χ3n) is 2.92. The molecule has 0 heterocycles. The quantitative estimate of drug-likeness (QED) is 0.508. The molecule has 23 heavy (non-hydrogen) atoms. The standard InChI is InChI=1S/C14H12N2O6S/c1-22-14(17)12-7-2-3-8-13(12)15-23(20,21)11-6-4-5-10(9-11)16(18)19/h2-9,15H,1H3. The van der Waals surface area contributed by atoms with Gasteiger partial charge < -0.3 is 4.74 Å². The molecule has 2 rings (SSSR count). The molecule has 9 heteroatoms. The molecule has 0 bridgehead atoms. The van der Waals surface area contributed by atoms with Crippen LogP contribution in [-0.2, 0) is 14.8 Å². The van der Waals surface area contributed by atoms with Gasteiger partial charge in [0, 0.05) is 12.1 Å². The Hall–Kier alpha value is -2.94. The van der Waals surface area contributed by atoms with E-state index in [-0.39, 0.29) is 21.8 Å². The summed E-state index contributed by atoms with van der Waals surface area (Å²) in [5.41, 5.74) is -0.302. The summed E-state index contributed by atoms with van der Waals surface area (Å²) < 4.78 is 31.5. The topological polar surface area (TPSA) is 116 Å². The fourth-order valence-corrected chi connectivity index (χ4v) is 2.95. The first kappa shape index (κ1) is 16.4. The van der Waals surface area contributed by atoms with E-state index in [4.69, 9.17) is 0 Å². The summed E-state index contributed by atoms with van der Waals surface area (Å²) in [6.07, 6.45) is 0. The van der Waals surface area contributed by atoms with E-state index in [1.165, 1.54) is 43.5 Å². The molecule has 0 saturated carbocycles. The van der Waals surface area contributed by atoms with Crippen molar-refractivity contribution in [3.05, 3.63) is 64.2 Å². The van der Waals surface area contributed by atoms with Crippen molar-refractivity contribution in [2.24, 2.45) is 0 Å². The van der Waals surface area contributed by atoms with Crippen LogP contribution in [0.2, 0.25) is 0 Å². The monoisotopic (exact) mass is 336 g/mol. The van der Waals surface area contributed by atoms with Gasteiger partial charge in [0.25, 0.3) is 15.7 Å². The maximum absolute atomic E-state index is 12.4. The van der Waals surface area contributed by atoms with Crippen LogP contribution in [0.4, 0.5) is 11.4 Å². The van der Waals surface area contributed by atoms with Crippen molar-refractivity contribution in [1.29, 1.82) is 0 Å². The van der Waals surface area contributed by atoms with Gasteiger partial charge in [0.1, 0.15) is 0 Å². The minimum atomic E-state index is -4.10. The van der Waals surface area contributed by atoms with Gasteiger partial charge in [-0.3, -0.25) is 14.8 Å². The van der Waals surface area contributed by atoms with E-state index in [0.717, 1.165) is 6.07 Å². The number of para-hydroxylation sites is 1. The molecule has 1 N–H and O–H groups in total. The zero-order valence-electron chi connectivity index (χ0n) is 11.9. The summed E-state index contributed by atoms with van der Waals surface area (Å²) in [5, 5.41) is 10.7. The molecule has 8 nitrogen and oxygen atoms in total. The Labute approximate surface area is 131 Å². The number of hydrogen-bond donors (Lipinski definition) is 1. The maximum Gasteiger partial charge on any atom is 0.339 e. The lowest BCUT2D eigenvalue weighted by atomic mass is 10.2. The Morgan fingerprint density at radius 2 is 1.87 bits per heavy atom. The van der Waals surface area contributed by atoms with E-state index in [1.54, 1.807) is 6.07 Å². The van der Waals surface area contributed by atoms with Crippen molar-refractivity contribution in [1.82, 2.24) is 0 Å². The molecule has 0 atom stereocenters. The van der Waals surface area contributed by atoms with E-state index in [9.17, 15) is 23.3 Å². The molecular weight excluding hydrogens is 324 g/mol. The Morgan fingerprint density at radius 3 is 2.52 bits per heavy atom. The highest BCUT2D eigenvalue weighted by Gasteiger charge is 2.20. The predicted molar refractivity (Wildman–Crippen MR) is 81.7 cm³/mol. The van der Waals surface area contributed by atoms with Crippen molar-refractivity contribution in [2.75, 3.05) is 11.8 Å². The van der Waals surface area contributed by atoms with Crippen LogP contribution in [0.1, 0.15) is 10.4 Å². The predicted octanol–water partition coefficient (Wildman–Crippen LogP) is 2.18. The van der Waals surface area contributed by atoms with Crippen LogP contribution in [0.3, 0.4) is 0 Å². The van der Waals surface area contributed by atoms with Crippen molar-refractivity contribution in [2.45, 2.75) is 4.90 Å². The number of sulfonamides is 1. The lowest BCUT2D eigenvalue weighted by molar-refractivity contribution is -0.385. The van der Waals surface area contributed by atoms with Gasteiger partial charge in [-0.1, -0.05) is 18.2 Å². The summed E-state index contributed by atoms with van der Waals surface area (Å²) in [7, 11) is -2.92. The second kappa shape index (κ2) is 6.44. The van der Waals surface area contributed by atoms with Crippen LogP contribution in [-0.4, -0.2) is 26.4 Å². The highest BCUT2D eigenvalue weighted by molar-refractivity contribution is 7.92. The molecule has 2 aromatic carbocycles. The molecule has 0 spiro atoms. The second-order valence-corrected chi connectivity index (χ2v) is 6.08. The van der Waals surface area contributed by atoms with E-state index in [1.807, 2.05) is 0 Å². The first-order valence-electron chi connectivity index (χ1n) is 6.30. The lowest BCUT2D eigenvalue weighted by Crippen LogP contribution is -2.16. The average Bonchev–Trinajstić information content (AvgIpc) is 2.54. The maximum atomic E-state index is 12.4. The highest BCUT2D eigenvalue weighted by atomic mass is 32.2. The van der Waals surface area contributed by atoms with Gasteiger partial charge in [0.05, 0.1) is 28.2 Å². The lowest BCUT2D eigenvalue weighted by Gasteiger charge is -2.11. The molecular formula is C14H12N2O6S. The molecule has 120 valence electrons. The van der Waals surface area contributed by atoms with Crippen molar-refractivity contribution in [3.63, 3.8) is 0 Å². The zero-order valence-corrected chi connectivity index (χ0v) is 12.7. The molecule has 0 aliphatic carbocycles. The van der Waals surface area contributed by atoms with E-state index in [2.05, 4.69) is 9.46 Å². The third kappa shape index (κ3) is 3.64. The van der Waals surface area contributed by atoms with Gasteiger partial charge in [-0.2, -0.15) is 0 Å². The molecule has 0 aliphatic heterocycles. The fourth-order valence-electron chi connectivity index (χ4n) is 1.83. The molecule has 2 aromatic rings. The Bertz CT molecular complexity index is 863.